The van der Waals surface area contributed by atoms with Gasteiger partial charge in [-0.15, -0.1) is 0 Å². The molecule has 0 fully saturated rings. The van der Waals surface area contributed by atoms with Gasteiger partial charge in [-0.25, -0.2) is 0 Å². The first-order valence-corrected chi connectivity index (χ1v) is 6.49. The van der Waals surface area contributed by atoms with Crippen molar-refractivity contribution in [3.05, 3.63) is 23.8 Å². The summed E-state index contributed by atoms with van der Waals surface area (Å²) in [7, 11) is -1.33. The maximum absolute atomic E-state index is 12.4. The Kier molecular flexibility index (Phi) is 4.33. The predicted octanol–water partition coefficient (Wildman–Crippen LogP) is 1.60. The third-order valence-electron chi connectivity index (χ3n) is 1.99. The van der Waals surface area contributed by atoms with Crippen LogP contribution in [0.25, 0.3) is 0 Å². The van der Waals surface area contributed by atoms with E-state index in [0.717, 1.165) is 18.2 Å². The molecule has 18 heavy (non-hydrogen) atoms. The minimum Gasteiger partial charge on any atom is -0.397 e. The third kappa shape index (κ3) is 4.02. The highest BCUT2D eigenvalue weighted by molar-refractivity contribution is 7.85. The fraction of sp³-hybridized carbons (Fsp3) is 0.300. The first kappa shape index (κ1) is 14.5. The number of benzene rings is 1. The van der Waals surface area contributed by atoms with Gasteiger partial charge in [-0.2, -0.15) is 13.2 Å². The number of rotatable bonds is 3. The fourth-order valence-corrected chi connectivity index (χ4v) is 1.67. The number of nitrogens with two attached hydrogens (primary N) is 1. The summed E-state index contributed by atoms with van der Waals surface area (Å²) in [6.45, 7) is 0. The summed E-state index contributed by atoms with van der Waals surface area (Å²) in [5.41, 5.74) is 4.39. The van der Waals surface area contributed by atoms with Crippen molar-refractivity contribution < 1.29 is 22.2 Å². The number of alkyl halides is 3. The van der Waals surface area contributed by atoms with Crippen LogP contribution in [-0.2, 0) is 21.8 Å². The number of carbonyl (C=O) groups excluding carboxylic acids is 1. The smallest absolute Gasteiger partial charge is 0.397 e. The van der Waals surface area contributed by atoms with Gasteiger partial charge in [0.1, 0.15) is 5.75 Å². The van der Waals surface area contributed by atoms with Gasteiger partial charge < -0.3 is 11.1 Å². The van der Waals surface area contributed by atoms with Crippen molar-refractivity contribution >= 4 is 28.1 Å². The predicted molar refractivity (Wildman–Crippen MR) is 63.4 cm³/mol. The molecule has 0 radical (unpaired) electrons. The minimum absolute atomic E-state index is 0.0680. The SMILES string of the molecule is CS(=O)CC(=O)Nc1ccc(C(F)(F)F)cc1N. The molecule has 0 spiro atoms. The molecule has 0 saturated carbocycles. The van der Waals surface area contributed by atoms with Crippen molar-refractivity contribution in [1.82, 2.24) is 0 Å². The lowest BCUT2D eigenvalue weighted by Gasteiger charge is -2.11. The van der Waals surface area contributed by atoms with Gasteiger partial charge in [0.2, 0.25) is 5.91 Å². The van der Waals surface area contributed by atoms with Crippen LogP contribution < -0.4 is 11.1 Å². The van der Waals surface area contributed by atoms with Gasteiger partial charge in [0, 0.05) is 17.1 Å². The highest BCUT2D eigenvalue weighted by Gasteiger charge is 2.30. The molecule has 1 amide bonds. The molecule has 1 aromatic rings. The minimum atomic E-state index is -4.48. The van der Waals surface area contributed by atoms with Crippen LogP contribution in [0, 0.1) is 0 Å². The molecule has 1 rings (SSSR count). The number of anilines is 2. The molecule has 0 bridgehead atoms. The van der Waals surface area contributed by atoms with Crippen LogP contribution in [0.1, 0.15) is 5.56 Å². The van der Waals surface area contributed by atoms with Crippen molar-refractivity contribution in [1.29, 1.82) is 0 Å². The van der Waals surface area contributed by atoms with Crippen LogP contribution in [0.3, 0.4) is 0 Å². The number of halogens is 3. The monoisotopic (exact) mass is 280 g/mol. The zero-order chi connectivity index (χ0) is 13.9. The first-order valence-electron chi connectivity index (χ1n) is 4.76. The summed E-state index contributed by atoms with van der Waals surface area (Å²) in [5, 5.41) is 2.30. The topological polar surface area (TPSA) is 72.2 Å². The van der Waals surface area contributed by atoms with Crippen LogP contribution in [0.15, 0.2) is 18.2 Å². The molecule has 3 N–H and O–H groups in total. The number of amides is 1. The Labute approximate surface area is 104 Å². The molecule has 1 atom stereocenters. The molecule has 0 saturated heterocycles. The van der Waals surface area contributed by atoms with Gasteiger partial charge in [-0.05, 0) is 18.2 Å². The number of nitrogens with one attached hydrogen (secondary N) is 1. The Bertz CT molecular complexity index is 489. The Morgan fingerprint density at radius 2 is 2.06 bits per heavy atom. The van der Waals surface area contributed by atoms with E-state index in [0.29, 0.717) is 0 Å². The van der Waals surface area contributed by atoms with Gasteiger partial charge in [0.25, 0.3) is 0 Å². The summed E-state index contributed by atoms with van der Waals surface area (Å²) >= 11 is 0. The van der Waals surface area contributed by atoms with Crippen LogP contribution in [0.4, 0.5) is 24.5 Å². The van der Waals surface area contributed by atoms with E-state index in [1.54, 1.807) is 0 Å². The van der Waals surface area contributed by atoms with Crippen molar-refractivity contribution in [2.75, 3.05) is 23.1 Å². The maximum Gasteiger partial charge on any atom is 0.416 e. The highest BCUT2D eigenvalue weighted by Crippen LogP contribution is 2.32. The van der Waals surface area contributed by atoms with E-state index >= 15 is 0 Å². The zero-order valence-electron chi connectivity index (χ0n) is 9.38. The van der Waals surface area contributed by atoms with Gasteiger partial charge >= 0.3 is 6.18 Å². The van der Waals surface area contributed by atoms with Crippen LogP contribution >= 0.6 is 0 Å². The second-order valence-corrected chi connectivity index (χ2v) is 5.00. The van der Waals surface area contributed by atoms with Crippen LogP contribution in [0.2, 0.25) is 0 Å². The van der Waals surface area contributed by atoms with Gasteiger partial charge in [-0.3, -0.25) is 9.00 Å². The van der Waals surface area contributed by atoms with Gasteiger partial charge in [-0.1, -0.05) is 0 Å². The summed E-state index contributed by atoms with van der Waals surface area (Å²) in [5.74, 6) is -0.803. The second kappa shape index (κ2) is 5.38. The highest BCUT2D eigenvalue weighted by atomic mass is 32.2. The van der Waals surface area contributed by atoms with E-state index in [1.165, 1.54) is 6.26 Å². The maximum atomic E-state index is 12.4. The second-order valence-electron chi connectivity index (χ2n) is 3.57. The fourth-order valence-electron chi connectivity index (χ4n) is 1.22. The molecule has 0 aliphatic rings. The number of carbonyl (C=O) groups is 1. The van der Waals surface area contributed by atoms with Crippen LogP contribution in [-0.4, -0.2) is 22.1 Å². The molecule has 0 aliphatic carbocycles. The largest absolute Gasteiger partial charge is 0.416 e. The summed E-state index contributed by atoms with van der Waals surface area (Å²) in [6.07, 6.45) is -3.14. The van der Waals surface area contributed by atoms with E-state index in [1.807, 2.05) is 0 Å². The Balaban J connectivity index is 2.87. The Hall–Kier alpha value is -1.57. The molecule has 4 nitrogen and oxygen atoms in total. The average molecular weight is 280 g/mol. The third-order valence-corrected chi connectivity index (χ3v) is 2.66. The molecule has 1 unspecified atom stereocenters. The van der Waals surface area contributed by atoms with E-state index in [9.17, 15) is 22.2 Å². The molecule has 100 valence electrons. The standard InChI is InChI=1S/C10H11F3N2O2S/c1-18(17)5-9(16)15-8-3-2-6(4-7(8)14)10(11,12)13/h2-4H,5,14H2,1H3,(H,15,16). The van der Waals surface area contributed by atoms with Crippen molar-refractivity contribution in [3.8, 4) is 0 Å². The van der Waals surface area contributed by atoms with E-state index in [4.69, 9.17) is 5.73 Å². The number of nitrogen functional groups attached to an aromatic ring is 1. The Morgan fingerprint density at radius 1 is 1.44 bits per heavy atom. The molecular weight excluding hydrogens is 269 g/mol. The first-order chi connectivity index (χ1) is 8.20. The molecule has 0 heterocycles. The van der Waals surface area contributed by atoms with Gasteiger partial charge in [0.05, 0.1) is 16.9 Å². The van der Waals surface area contributed by atoms with Crippen LogP contribution in [0.5, 0.6) is 0 Å². The zero-order valence-corrected chi connectivity index (χ0v) is 10.2. The van der Waals surface area contributed by atoms with Crippen molar-refractivity contribution in [3.63, 3.8) is 0 Å². The lowest BCUT2D eigenvalue weighted by Crippen LogP contribution is -2.19. The quantitative estimate of drug-likeness (QED) is 0.826. The molecule has 0 aromatic heterocycles. The normalized spacial score (nSPS) is 13.1. The van der Waals surface area contributed by atoms with Gasteiger partial charge in [0.15, 0.2) is 0 Å². The number of hydrogen-bond acceptors (Lipinski definition) is 3. The summed E-state index contributed by atoms with van der Waals surface area (Å²) in [6, 6.07) is 2.61. The van der Waals surface area contributed by atoms with E-state index in [-0.39, 0.29) is 17.1 Å². The summed E-state index contributed by atoms with van der Waals surface area (Å²) in [4.78, 5) is 11.3. The molecule has 8 heteroatoms. The Morgan fingerprint density at radius 3 is 2.50 bits per heavy atom. The molecular formula is C10H11F3N2O2S. The average Bonchev–Trinajstić information content (AvgIpc) is 2.18. The van der Waals surface area contributed by atoms with E-state index < -0.39 is 28.4 Å². The lowest BCUT2D eigenvalue weighted by molar-refractivity contribution is -0.137. The lowest BCUT2D eigenvalue weighted by atomic mass is 10.1. The number of hydrogen-bond donors (Lipinski definition) is 2. The van der Waals surface area contributed by atoms with Crippen molar-refractivity contribution in [2.24, 2.45) is 0 Å². The molecule has 1 aromatic carbocycles. The van der Waals surface area contributed by atoms with Crippen molar-refractivity contribution in [2.45, 2.75) is 6.18 Å². The van der Waals surface area contributed by atoms with E-state index in [2.05, 4.69) is 5.32 Å². The molecule has 0 aliphatic heterocycles. The summed E-state index contributed by atoms with van der Waals surface area (Å²) < 4.78 is 47.8.